The van der Waals surface area contributed by atoms with Gasteiger partial charge in [0.05, 0.1) is 10.2 Å². The number of rotatable bonds is 6. The van der Waals surface area contributed by atoms with Crippen LogP contribution in [0.3, 0.4) is 0 Å². The van der Waals surface area contributed by atoms with E-state index in [1.54, 1.807) is 11.3 Å². The molecule has 0 fully saturated rings. The highest BCUT2D eigenvalue weighted by molar-refractivity contribution is 7.22. The van der Waals surface area contributed by atoms with Gasteiger partial charge >= 0.3 is 0 Å². The lowest BCUT2D eigenvalue weighted by atomic mass is 10.2. The van der Waals surface area contributed by atoms with Crippen LogP contribution in [0.15, 0.2) is 29.3 Å². The van der Waals surface area contributed by atoms with Gasteiger partial charge in [-0.1, -0.05) is 37.3 Å². The number of aliphatic imine (C=N–C) groups is 1. The van der Waals surface area contributed by atoms with Gasteiger partial charge in [-0.25, -0.2) is 4.98 Å². The SMILES string of the molecule is CC(C)CN=C(N)NCCNc1nc2ccccc2s1. The molecule has 0 saturated heterocycles. The predicted molar refractivity (Wildman–Crippen MR) is 87.4 cm³/mol. The van der Waals surface area contributed by atoms with E-state index >= 15 is 0 Å². The Morgan fingerprint density at radius 3 is 2.90 bits per heavy atom. The predicted octanol–water partition coefficient (Wildman–Crippen LogP) is 2.27. The zero-order chi connectivity index (χ0) is 14.4. The third-order valence-electron chi connectivity index (χ3n) is 2.63. The summed E-state index contributed by atoms with van der Waals surface area (Å²) in [5, 5.41) is 7.31. The lowest BCUT2D eigenvalue weighted by molar-refractivity contribution is 0.661. The lowest BCUT2D eigenvalue weighted by Crippen LogP contribution is -2.35. The Kier molecular flexibility index (Phi) is 5.17. The quantitative estimate of drug-likeness (QED) is 0.433. The van der Waals surface area contributed by atoms with E-state index in [0.29, 0.717) is 11.9 Å². The summed E-state index contributed by atoms with van der Waals surface area (Å²) in [6.45, 7) is 6.47. The number of guanidine groups is 1. The van der Waals surface area contributed by atoms with E-state index in [2.05, 4.69) is 40.5 Å². The number of para-hydroxylation sites is 1. The molecule has 108 valence electrons. The second kappa shape index (κ2) is 7.09. The number of nitrogens with zero attached hydrogens (tertiary/aromatic N) is 2. The summed E-state index contributed by atoms with van der Waals surface area (Å²) in [6, 6.07) is 8.12. The summed E-state index contributed by atoms with van der Waals surface area (Å²) in [6.07, 6.45) is 0. The fourth-order valence-electron chi connectivity index (χ4n) is 1.64. The van der Waals surface area contributed by atoms with Gasteiger partial charge < -0.3 is 16.4 Å². The fraction of sp³-hybridized carbons (Fsp3) is 0.429. The number of anilines is 1. The van der Waals surface area contributed by atoms with E-state index in [-0.39, 0.29) is 0 Å². The van der Waals surface area contributed by atoms with Crippen LogP contribution in [-0.2, 0) is 0 Å². The fourth-order valence-corrected chi connectivity index (χ4v) is 2.54. The highest BCUT2D eigenvalue weighted by Crippen LogP contribution is 2.24. The smallest absolute Gasteiger partial charge is 0.188 e. The number of fused-ring (bicyclic) bond motifs is 1. The zero-order valence-corrected chi connectivity index (χ0v) is 12.7. The Morgan fingerprint density at radius 2 is 2.15 bits per heavy atom. The number of nitrogens with two attached hydrogens (primary N) is 1. The number of nitrogens with one attached hydrogen (secondary N) is 2. The van der Waals surface area contributed by atoms with Crippen molar-refractivity contribution in [2.24, 2.45) is 16.6 Å². The van der Waals surface area contributed by atoms with Crippen molar-refractivity contribution in [2.45, 2.75) is 13.8 Å². The maximum absolute atomic E-state index is 5.76. The molecular formula is C14H21N5S. The maximum Gasteiger partial charge on any atom is 0.188 e. The molecule has 1 heterocycles. The Balaban J connectivity index is 1.74. The Morgan fingerprint density at radius 1 is 1.35 bits per heavy atom. The van der Waals surface area contributed by atoms with Gasteiger partial charge in [0.1, 0.15) is 0 Å². The van der Waals surface area contributed by atoms with Gasteiger partial charge in [0, 0.05) is 19.6 Å². The lowest BCUT2D eigenvalue weighted by Gasteiger charge is -2.07. The van der Waals surface area contributed by atoms with Crippen LogP contribution in [0.1, 0.15) is 13.8 Å². The van der Waals surface area contributed by atoms with E-state index in [0.717, 1.165) is 30.3 Å². The number of hydrogen-bond acceptors (Lipinski definition) is 4. The molecule has 0 aliphatic carbocycles. The first-order chi connectivity index (χ1) is 9.65. The molecule has 0 saturated carbocycles. The van der Waals surface area contributed by atoms with Gasteiger partial charge in [-0.05, 0) is 18.1 Å². The first kappa shape index (κ1) is 14.6. The maximum atomic E-state index is 5.76. The van der Waals surface area contributed by atoms with Crippen molar-refractivity contribution in [2.75, 3.05) is 25.0 Å². The van der Waals surface area contributed by atoms with Crippen molar-refractivity contribution in [3.63, 3.8) is 0 Å². The minimum Gasteiger partial charge on any atom is -0.370 e. The molecule has 0 spiro atoms. The van der Waals surface area contributed by atoms with Gasteiger partial charge in [-0.3, -0.25) is 4.99 Å². The van der Waals surface area contributed by atoms with Gasteiger partial charge in [0.2, 0.25) is 0 Å². The average Bonchev–Trinajstić information content (AvgIpc) is 2.84. The third-order valence-corrected chi connectivity index (χ3v) is 3.62. The second-order valence-corrected chi connectivity index (χ2v) is 5.99. The molecular weight excluding hydrogens is 270 g/mol. The summed E-state index contributed by atoms with van der Waals surface area (Å²) in [7, 11) is 0. The molecule has 0 atom stereocenters. The summed E-state index contributed by atoms with van der Waals surface area (Å²) in [5.41, 5.74) is 6.79. The van der Waals surface area contributed by atoms with Crippen LogP contribution in [0.4, 0.5) is 5.13 Å². The molecule has 5 nitrogen and oxygen atoms in total. The molecule has 0 radical (unpaired) electrons. The van der Waals surface area contributed by atoms with Crippen molar-refractivity contribution in [1.29, 1.82) is 0 Å². The average molecular weight is 291 g/mol. The van der Waals surface area contributed by atoms with E-state index in [9.17, 15) is 0 Å². The summed E-state index contributed by atoms with van der Waals surface area (Å²) in [5.74, 6) is 1.03. The van der Waals surface area contributed by atoms with Crippen LogP contribution >= 0.6 is 11.3 Å². The summed E-state index contributed by atoms with van der Waals surface area (Å²) in [4.78, 5) is 8.75. The van der Waals surface area contributed by atoms with Crippen molar-refractivity contribution >= 4 is 32.6 Å². The molecule has 0 aliphatic heterocycles. The third kappa shape index (κ3) is 4.38. The Hall–Kier alpha value is -1.82. The molecule has 6 heteroatoms. The molecule has 2 rings (SSSR count). The van der Waals surface area contributed by atoms with Crippen LogP contribution in [0, 0.1) is 5.92 Å². The van der Waals surface area contributed by atoms with Gasteiger partial charge in [-0.15, -0.1) is 0 Å². The van der Waals surface area contributed by atoms with E-state index in [1.807, 2.05) is 18.2 Å². The standard InChI is InChI=1S/C14H21N5S/c1-10(2)9-18-13(15)16-7-8-17-14-19-11-5-3-4-6-12(11)20-14/h3-6,10H,7-9H2,1-2H3,(H,17,19)(H3,15,16,18). The number of hydrogen-bond donors (Lipinski definition) is 3. The molecule has 4 N–H and O–H groups in total. The molecule has 2 aromatic rings. The van der Waals surface area contributed by atoms with Crippen LogP contribution < -0.4 is 16.4 Å². The Labute approximate surface area is 123 Å². The molecule has 1 aromatic heterocycles. The van der Waals surface area contributed by atoms with Crippen LogP contribution in [0.2, 0.25) is 0 Å². The summed E-state index contributed by atoms with van der Waals surface area (Å²) >= 11 is 1.66. The highest BCUT2D eigenvalue weighted by atomic mass is 32.1. The molecule has 1 aromatic carbocycles. The molecule has 0 unspecified atom stereocenters. The minimum absolute atomic E-state index is 0.504. The van der Waals surface area contributed by atoms with E-state index in [1.165, 1.54) is 4.70 Å². The molecule has 20 heavy (non-hydrogen) atoms. The summed E-state index contributed by atoms with van der Waals surface area (Å²) < 4.78 is 1.20. The van der Waals surface area contributed by atoms with Crippen molar-refractivity contribution in [1.82, 2.24) is 10.3 Å². The van der Waals surface area contributed by atoms with Crippen molar-refractivity contribution in [3.05, 3.63) is 24.3 Å². The Bertz CT molecular complexity index is 543. The number of benzene rings is 1. The van der Waals surface area contributed by atoms with Gasteiger partial charge in [0.25, 0.3) is 0 Å². The first-order valence-corrected chi connectivity index (χ1v) is 7.60. The van der Waals surface area contributed by atoms with Crippen LogP contribution in [-0.4, -0.2) is 30.6 Å². The molecule has 0 aliphatic rings. The van der Waals surface area contributed by atoms with Crippen molar-refractivity contribution < 1.29 is 0 Å². The topological polar surface area (TPSA) is 75.3 Å². The van der Waals surface area contributed by atoms with E-state index in [4.69, 9.17) is 5.73 Å². The molecule has 0 amide bonds. The zero-order valence-electron chi connectivity index (χ0n) is 11.9. The van der Waals surface area contributed by atoms with Gasteiger partial charge in [0.15, 0.2) is 11.1 Å². The minimum atomic E-state index is 0.504. The monoisotopic (exact) mass is 291 g/mol. The number of thiazole rings is 1. The second-order valence-electron chi connectivity index (χ2n) is 4.96. The largest absolute Gasteiger partial charge is 0.370 e. The normalized spacial score (nSPS) is 12.1. The first-order valence-electron chi connectivity index (χ1n) is 6.78. The number of aromatic nitrogens is 1. The highest BCUT2D eigenvalue weighted by Gasteiger charge is 2.01. The van der Waals surface area contributed by atoms with Crippen molar-refractivity contribution in [3.8, 4) is 0 Å². The van der Waals surface area contributed by atoms with Gasteiger partial charge in [-0.2, -0.15) is 0 Å². The van der Waals surface area contributed by atoms with E-state index < -0.39 is 0 Å². The van der Waals surface area contributed by atoms with Crippen LogP contribution in [0.25, 0.3) is 10.2 Å². The molecule has 0 bridgehead atoms. The van der Waals surface area contributed by atoms with Crippen LogP contribution in [0.5, 0.6) is 0 Å².